The Bertz CT molecular complexity index is 244. The smallest absolute Gasteiger partial charge is 0.392 e. The van der Waals surface area contributed by atoms with Crippen molar-refractivity contribution in [1.82, 2.24) is 0 Å². The van der Waals surface area contributed by atoms with Crippen molar-refractivity contribution in [2.45, 2.75) is 50.7 Å². The van der Waals surface area contributed by atoms with Crippen LogP contribution in [-0.2, 0) is 4.74 Å². The van der Waals surface area contributed by atoms with Gasteiger partial charge in [0.2, 0.25) is 0 Å². The molecule has 2 nitrogen and oxygen atoms in total. The Morgan fingerprint density at radius 2 is 1.39 bits per heavy atom. The normalized spacial score (nSPS) is 16.2. The number of rotatable bonds is 5. The molecule has 0 aromatic rings. The van der Waals surface area contributed by atoms with Crippen LogP contribution in [0.3, 0.4) is 0 Å². The van der Waals surface area contributed by atoms with E-state index in [1.807, 2.05) is 0 Å². The summed E-state index contributed by atoms with van der Waals surface area (Å²) in [7, 11) is 1.29. The molecule has 0 heterocycles. The van der Waals surface area contributed by atoms with Crippen LogP contribution in [0.1, 0.15) is 26.7 Å². The van der Waals surface area contributed by atoms with Crippen LogP contribution >= 0.6 is 0 Å². The first-order valence-corrected chi connectivity index (χ1v) is 5.18. The fourth-order valence-electron chi connectivity index (χ4n) is 1.39. The average molecular weight is 282 g/mol. The number of methoxy groups -OCH3 is 1. The molecule has 0 aliphatic heterocycles. The van der Waals surface area contributed by atoms with Gasteiger partial charge >= 0.3 is 12.4 Å². The highest BCUT2D eigenvalue weighted by molar-refractivity contribution is 4.84. The standard InChI is InChI=1S/C10H16F6O2/c1-8(2,18-3)5-4-6(17)7(9(11,12)13)10(14,15)16/h6-7,17H,4-5H2,1-3H3. The van der Waals surface area contributed by atoms with Gasteiger partial charge in [0.05, 0.1) is 11.7 Å². The maximum Gasteiger partial charge on any atom is 0.403 e. The number of aliphatic hydroxyl groups is 1. The van der Waals surface area contributed by atoms with Crippen LogP contribution in [0, 0.1) is 5.92 Å². The van der Waals surface area contributed by atoms with Crippen molar-refractivity contribution in [3.05, 3.63) is 0 Å². The van der Waals surface area contributed by atoms with Crippen molar-refractivity contribution < 1.29 is 36.2 Å². The van der Waals surface area contributed by atoms with Crippen molar-refractivity contribution in [1.29, 1.82) is 0 Å². The van der Waals surface area contributed by atoms with Crippen LogP contribution in [-0.4, -0.2) is 36.3 Å². The van der Waals surface area contributed by atoms with E-state index in [4.69, 9.17) is 9.84 Å². The third-order valence-corrected chi connectivity index (χ3v) is 2.68. The van der Waals surface area contributed by atoms with E-state index >= 15 is 0 Å². The molecule has 1 N–H and O–H groups in total. The van der Waals surface area contributed by atoms with E-state index in [9.17, 15) is 26.3 Å². The molecule has 0 aliphatic rings. The summed E-state index contributed by atoms with van der Waals surface area (Å²) in [6.45, 7) is 3.02. The molecule has 0 aliphatic carbocycles. The van der Waals surface area contributed by atoms with Gasteiger partial charge in [0.25, 0.3) is 0 Å². The quantitative estimate of drug-likeness (QED) is 0.784. The van der Waals surface area contributed by atoms with Crippen LogP contribution < -0.4 is 0 Å². The highest BCUT2D eigenvalue weighted by Crippen LogP contribution is 2.42. The van der Waals surface area contributed by atoms with E-state index in [-0.39, 0.29) is 6.42 Å². The molecule has 0 radical (unpaired) electrons. The Morgan fingerprint density at radius 3 is 1.67 bits per heavy atom. The first-order chi connectivity index (χ1) is 7.81. The fourth-order valence-corrected chi connectivity index (χ4v) is 1.39. The third-order valence-electron chi connectivity index (χ3n) is 2.68. The number of aliphatic hydroxyl groups excluding tert-OH is 1. The van der Waals surface area contributed by atoms with Crippen molar-refractivity contribution in [2.24, 2.45) is 5.92 Å². The first kappa shape index (κ1) is 17.5. The van der Waals surface area contributed by atoms with Gasteiger partial charge in [-0.05, 0) is 26.7 Å². The van der Waals surface area contributed by atoms with E-state index in [1.165, 1.54) is 21.0 Å². The van der Waals surface area contributed by atoms with Crippen molar-refractivity contribution >= 4 is 0 Å². The summed E-state index contributed by atoms with van der Waals surface area (Å²) >= 11 is 0. The van der Waals surface area contributed by atoms with Crippen molar-refractivity contribution in [2.75, 3.05) is 7.11 Å². The molecule has 8 heteroatoms. The summed E-state index contributed by atoms with van der Waals surface area (Å²) in [5.74, 6) is -3.72. The first-order valence-electron chi connectivity index (χ1n) is 5.18. The molecule has 0 saturated heterocycles. The van der Waals surface area contributed by atoms with Gasteiger partial charge in [-0.2, -0.15) is 26.3 Å². The van der Waals surface area contributed by atoms with Gasteiger partial charge in [-0.1, -0.05) is 0 Å². The van der Waals surface area contributed by atoms with E-state index in [0.29, 0.717) is 0 Å². The number of hydrogen-bond acceptors (Lipinski definition) is 2. The predicted molar refractivity (Wildman–Crippen MR) is 51.9 cm³/mol. The molecule has 0 spiro atoms. The molecule has 1 unspecified atom stereocenters. The van der Waals surface area contributed by atoms with Gasteiger partial charge in [-0.3, -0.25) is 0 Å². The fraction of sp³-hybridized carbons (Fsp3) is 1.00. The third kappa shape index (κ3) is 5.43. The van der Waals surface area contributed by atoms with Crippen LogP contribution in [0.5, 0.6) is 0 Å². The van der Waals surface area contributed by atoms with Gasteiger partial charge in [-0.15, -0.1) is 0 Å². The highest BCUT2D eigenvalue weighted by atomic mass is 19.4. The summed E-state index contributed by atoms with van der Waals surface area (Å²) in [6.07, 6.45) is -14.3. The summed E-state index contributed by atoms with van der Waals surface area (Å²) in [5.41, 5.74) is -0.886. The number of ether oxygens (including phenoxy) is 1. The number of halogens is 6. The molecule has 1 atom stereocenters. The molecule has 0 rings (SSSR count). The lowest BCUT2D eigenvalue weighted by molar-refractivity contribution is -0.307. The molecular formula is C10H16F6O2. The molecule has 0 fully saturated rings. The van der Waals surface area contributed by atoms with E-state index in [1.54, 1.807) is 0 Å². The Labute approximate surface area is 101 Å². The molecule has 0 saturated carbocycles. The Morgan fingerprint density at radius 1 is 1.00 bits per heavy atom. The summed E-state index contributed by atoms with van der Waals surface area (Å²) < 4.78 is 78.4. The molecule has 0 amide bonds. The zero-order valence-corrected chi connectivity index (χ0v) is 10.2. The summed E-state index contributed by atoms with van der Waals surface area (Å²) in [5, 5.41) is 9.14. The zero-order chi connectivity index (χ0) is 14.8. The van der Waals surface area contributed by atoms with Gasteiger partial charge in [0, 0.05) is 7.11 Å². The molecule has 0 bridgehead atoms. The lowest BCUT2D eigenvalue weighted by Crippen LogP contribution is -2.45. The number of hydrogen-bond donors (Lipinski definition) is 1. The largest absolute Gasteiger partial charge is 0.403 e. The molecular weight excluding hydrogens is 266 g/mol. The van der Waals surface area contributed by atoms with Gasteiger partial charge in [-0.25, -0.2) is 0 Å². The highest BCUT2D eigenvalue weighted by Gasteiger charge is 2.59. The van der Waals surface area contributed by atoms with Crippen LogP contribution in [0.25, 0.3) is 0 Å². The van der Waals surface area contributed by atoms with E-state index < -0.39 is 36.4 Å². The minimum Gasteiger partial charge on any atom is -0.392 e. The Balaban J connectivity index is 4.76. The van der Waals surface area contributed by atoms with E-state index in [0.717, 1.165) is 0 Å². The van der Waals surface area contributed by atoms with Crippen LogP contribution in [0.15, 0.2) is 0 Å². The van der Waals surface area contributed by atoms with Crippen LogP contribution in [0.4, 0.5) is 26.3 Å². The average Bonchev–Trinajstić information content (AvgIpc) is 2.10. The van der Waals surface area contributed by atoms with Gasteiger partial charge < -0.3 is 9.84 Å². The maximum absolute atomic E-state index is 12.3. The number of alkyl halides is 6. The van der Waals surface area contributed by atoms with E-state index in [2.05, 4.69) is 0 Å². The Kier molecular flexibility index (Phi) is 5.49. The van der Waals surface area contributed by atoms with Crippen molar-refractivity contribution in [3.8, 4) is 0 Å². The monoisotopic (exact) mass is 282 g/mol. The molecule has 18 heavy (non-hydrogen) atoms. The zero-order valence-electron chi connectivity index (χ0n) is 10.2. The second-order valence-corrected chi connectivity index (χ2v) is 4.63. The minimum absolute atomic E-state index is 0.118. The lowest BCUT2D eigenvalue weighted by atomic mass is 9.92. The van der Waals surface area contributed by atoms with Crippen molar-refractivity contribution in [3.63, 3.8) is 0 Å². The SMILES string of the molecule is COC(C)(C)CCC(O)C(C(F)(F)F)C(F)(F)F. The molecule has 110 valence electrons. The minimum atomic E-state index is -5.52. The Hall–Kier alpha value is -0.500. The van der Waals surface area contributed by atoms with Gasteiger partial charge in [0.1, 0.15) is 0 Å². The molecule has 0 aromatic carbocycles. The lowest BCUT2D eigenvalue weighted by Gasteiger charge is -2.30. The topological polar surface area (TPSA) is 29.5 Å². The van der Waals surface area contributed by atoms with Gasteiger partial charge in [0.15, 0.2) is 5.92 Å². The maximum atomic E-state index is 12.3. The predicted octanol–water partition coefficient (Wildman–Crippen LogP) is 3.29. The molecule has 0 aromatic heterocycles. The second kappa shape index (κ2) is 5.64. The summed E-state index contributed by atoms with van der Waals surface area (Å²) in [6, 6.07) is 0. The second-order valence-electron chi connectivity index (χ2n) is 4.63. The van der Waals surface area contributed by atoms with Crippen LogP contribution in [0.2, 0.25) is 0 Å². The summed E-state index contributed by atoms with van der Waals surface area (Å²) in [4.78, 5) is 0.